The molecule has 1 aromatic carbocycles. The number of ether oxygens (including phenoxy) is 1. The van der Waals surface area contributed by atoms with Crippen molar-refractivity contribution in [1.82, 2.24) is 0 Å². The molecule has 3 nitrogen and oxygen atoms in total. The fourth-order valence-corrected chi connectivity index (χ4v) is 2.92. The summed E-state index contributed by atoms with van der Waals surface area (Å²) in [5, 5.41) is 0. The van der Waals surface area contributed by atoms with Gasteiger partial charge in [0, 0.05) is 5.56 Å². The molecule has 0 radical (unpaired) electrons. The summed E-state index contributed by atoms with van der Waals surface area (Å²) < 4.78 is 5.20. The van der Waals surface area contributed by atoms with Gasteiger partial charge < -0.3 is 4.74 Å². The van der Waals surface area contributed by atoms with Crippen LogP contribution in [0.3, 0.4) is 0 Å². The molecule has 0 saturated heterocycles. The minimum atomic E-state index is -1.11. The number of ketones is 1. The van der Waals surface area contributed by atoms with E-state index in [1.54, 1.807) is 19.1 Å². The molecule has 3 heteroatoms. The topological polar surface area (TPSA) is 43.4 Å². The van der Waals surface area contributed by atoms with E-state index < -0.39 is 11.4 Å². The predicted molar refractivity (Wildman–Crippen MR) is 77.4 cm³/mol. The first kappa shape index (κ1) is 14.5. The van der Waals surface area contributed by atoms with Crippen molar-refractivity contribution >= 4 is 11.8 Å². The van der Waals surface area contributed by atoms with Gasteiger partial charge in [-0.15, -0.1) is 0 Å². The van der Waals surface area contributed by atoms with E-state index in [1.165, 1.54) is 0 Å². The Hall–Kier alpha value is -1.90. The molecule has 0 N–H and O–H groups in total. The number of esters is 1. The maximum Gasteiger partial charge on any atom is 0.324 e. The van der Waals surface area contributed by atoms with Gasteiger partial charge in [-0.05, 0) is 31.8 Å². The van der Waals surface area contributed by atoms with E-state index in [-0.39, 0.29) is 5.78 Å². The van der Waals surface area contributed by atoms with Crippen LogP contribution in [0.15, 0.2) is 42.0 Å². The highest BCUT2D eigenvalue weighted by Crippen LogP contribution is 2.44. The van der Waals surface area contributed by atoms with Crippen molar-refractivity contribution in [3.05, 3.63) is 47.5 Å². The summed E-state index contributed by atoms with van der Waals surface area (Å²) in [6, 6.07) is 9.01. The Bertz CT molecular complexity index is 530. The van der Waals surface area contributed by atoms with E-state index in [9.17, 15) is 9.59 Å². The third-order valence-electron chi connectivity index (χ3n) is 3.89. The number of allylic oxidation sites excluding steroid dienone is 1. The zero-order valence-electron chi connectivity index (χ0n) is 12.0. The highest BCUT2D eigenvalue weighted by molar-refractivity contribution is 6.15. The summed E-state index contributed by atoms with van der Waals surface area (Å²) in [4.78, 5) is 25.4. The quantitative estimate of drug-likeness (QED) is 0.356. The number of carbonyl (C=O) groups excluding carboxylic acids is 2. The van der Waals surface area contributed by atoms with E-state index in [4.69, 9.17) is 4.74 Å². The molecular weight excluding hydrogens is 252 g/mol. The van der Waals surface area contributed by atoms with Crippen LogP contribution in [0.5, 0.6) is 0 Å². The van der Waals surface area contributed by atoms with Crippen LogP contribution in [0.1, 0.15) is 43.5 Å². The average molecular weight is 272 g/mol. The van der Waals surface area contributed by atoms with Crippen molar-refractivity contribution in [3.63, 3.8) is 0 Å². The summed E-state index contributed by atoms with van der Waals surface area (Å²) in [5.74, 6) is -0.540. The van der Waals surface area contributed by atoms with Gasteiger partial charge in [-0.2, -0.15) is 0 Å². The lowest BCUT2D eigenvalue weighted by molar-refractivity contribution is -0.150. The van der Waals surface area contributed by atoms with Gasteiger partial charge in [0.2, 0.25) is 0 Å². The Morgan fingerprint density at radius 3 is 2.50 bits per heavy atom. The van der Waals surface area contributed by atoms with Crippen LogP contribution >= 0.6 is 0 Å². The first-order valence-electron chi connectivity index (χ1n) is 7.13. The van der Waals surface area contributed by atoms with Crippen LogP contribution in [0, 0.1) is 5.41 Å². The number of carbonyl (C=O) groups is 2. The lowest BCUT2D eigenvalue weighted by Crippen LogP contribution is -2.40. The Balaban J connectivity index is 2.45. The van der Waals surface area contributed by atoms with Crippen molar-refractivity contribution in [2.75, 3.05) is 6.61 Å². The summed E-state index contributed by atoms with van der Waals surface area (Å²) in [6.45, 7) is 4.03. The van der Waals surface area contributed by atoms with Gasteiger partial charge in [0.25, 0.3) is 0 Å². The summed E-state index contributed by atoms with van der Waals surface area (Å²) in [7, 11) is 0. The molecule has 0 heterocycles. The Kier molecular flexibility index (Phi) is 4.38. The van der Waals surface area contributed by atoms with Gasteiger partial charge >= 0.3 is 5.97 Å². The standard InChI is InChI=1S/C17H20O3/c1-3-14-11-8-12-17(14,16(19)20-4-2)15(18)13-9-6-5-7-10-13/h5-7,9-11H,3-4,8,12H2,1-2H3. The molecule has 0 fully saturated rings. The predicted octanol–water partition coefficient (Wildman–Crippen LogP) is 3.55. The first-order valence-corrected chi connectivity index (χ1v) is 7.13. The summed E-state index contributed by atoms with van der Waals surface area (Å²) >= 11 is 0. The second kappa shape index (κ2) is 6.04. The SMILES string of the molecule is CCOC(=O)C1(C(=O)c2ccccc2)CCC=C1CC. The molecule has 1 aliphatic rings. The van der Waals surface area contributed by atoms with Crippen molar-refractivity contribution in [3.8, 4) is 0 Å². The monoisotopic (exact) mass is 272 g/mol. The number of hydrogen-bond acceptors (Lipinski definition) is 3. The summed E-state index contributed by atoms with van der Waals surface area (Å²) in [5.41, 5.74) is 0.359. The maximum atomic E-state index is 12.9. The normalized spacial score (nSPS) is 21.4. The Morgan fingerprint density at radius 2 is 1.90 bits per heavy atom. The van der Waals surface area contributed by atoms with Crippen LogP contribution in [-0.2, 0) is 9.53 Å². The highest BCUT2D eigenvalue weighted by Gasteiger charge is 2.51. The molecule has 20 heavy (non-hydrogen) atoms. The van der Waals surface area contributed by atoms with Crippen molar-refractivity contribution in [2.45, 2.75) is 33.1 Å². The van der Waals surface area contributed by atoms with E-state index >= 15 is 0 Å². The number of rotatable bonds is 5. The zero-order chi connectivity index (χ0) is 14.6. The highest BCUT2D eigenvalue weighted by atomic mass is 16.5. The summed E-state index contributed by atoms with van der Waals surface area (Å²) in [6.07, 6.45) is 3.97. The molecule has 0 saturated carbocycles. The molecule has 0 aromatic heterocycles. The van der Waals surface area contributed by atoms with E-state index in [0.29, 0.717) is 25.0 Å². The minimum absolute atomic E-state index is 0.137. The lowest BCUT2D eigenvalue weighted by atomic mass is 9.74. The maximum absolute atomic E-state index is 12.9. The molecule has 0 amide bonds. The second-order valence-electron chi connectivity index (χ2n) is 4.94. The number of Topliss-reactive ketones (excluding diaryl/α,β-unsaturated/α-hetero) is 1. The van der Waals surface area contributed by atoms with Crippen molar-refractivity contribution < 1.29 is 14.3 Å². The molecule has 0 bridgehead atoms. The zero-order valence-corrected chi connectivity index (χ0v) is 12.0. The molecule has 0 aliphatic heterocycles. The number of benzene rings is 1. The fourth-order valence-electron chi connectivity index (χ4n) is 2.92. The Morgan fingerprint density at radius 1 is 1.20 bits per heavy atom. The second-order valence-corrected chi connectivity index (χ2v) is 4.94. The molecule has 1 aliphatic carbocycles. The molecule has 0 spiro atoms. The van der Waals surface area contributed by atoms with Gasteiger partial charge in [-0.3, -0.25) is 9.59 Å². The van der Waals surface area contributed by atoms with Crippen molar-refractivity contribution in [1.29, 1.82) is 0 Å². The first-order chi connectivity index (χ1) is 9.66. The molecule has 2 rings (SSSR count). The third-order valence-corrected chi connectivity index (χ3v) is 3.89. The molecule has 106 valence electrons. The van der Waals surface area contributed by atoms with Gasteiger partial charge in [0.05, 0.1) is 6.61 Å². The molecular formula is C17H20O3. The van der Waals surface area contributed by atoms with Gasteiger partial charge in [-0.25, -0.2) is 0 Å². The number of hydrogen-bond donors (Lipinski definition) is 0. The fraction of sp³-hybridized carbons (Fsp3) is 0.412. The van der Waals surface area contributed by atoms with E-state index in [1.807, 2.05) is 31.2 Å². The average Bonchev–Trinajstić information content (AvgIpc) is 2.92. The lowest BCUT2D eigenvalue weighted by Gasteiger charge is -2.28. The third kappa shape index (κ3) is 2.28. The largest absolute Gasteiger partial charge is 0.465 e. The van der Waals surface area contributed by atoms with Gasteiger partial charge in [-0.1, -0.05) is 43.3 Å². The van der Waals surface area contributed by atoms with E-state index in [0.717, 1.165) is 12.0 Å². The minimum Gasteiger partial charge on any atom is -0.465 e. The smallest absolute Gasteiger partial charge is 0.324 e. The van der Waals surface area contributed by atoms with Gasteiger partial charge in [0.1, 0.15) is 0 Å². The molecule has 1 unspecified atom stereocenters. The van der Waals surface area contributed by atoms with E-state index in [2.05, 4.69) is 0 Å². The molecule has 1 atom stereocenters. The van der Waals surface area contributed by atoms with Crippen LogP contribution in [0.25, 0.3) is 0 Å². The van der Waals surface area contributed by atoms with Crippen LogP contribution in [0.4, 0.5) is 0 Å². The van der Waals surface area contributed by atoms with Crippen LogP contribution in [0.2, 0.25) is 0 Å². The Labute approximate surface area is 119 Å². The van der Waals surface area contributed by atoms with Crippen LogP contribution in [-0.4, -0.2) is 18.4 Å². The van der Waals surface area contributed by atoms with Crippen LogP contribution < -0.4 is 0 Å². The molecule has 1 aromatic rings. The van der Waals surface area contributed by atoms with Crippen molar-refractivity contribution in [2.24, 2.45) is 5.41 Å². The van der Waals surface area contributed by atoms with Gasteiger partial charge in [0.15, 0.2) is 11.2 Å².